The van der Waals surface area contributed by atoms with Gasteiger partial charge in [0, 0.05) is 19.3 Å². The molecule has 0 bridgehead atoms. The van der Waals surface area contributed by atoms with E-state index in [-0.39, 0.29) is 31.1 Å². The van der Waals surface area contributed by atoms with Gasteiger partial charge in [-0.25, -0.2) is 0 Å². The summed E-state index contributed by atoms with van der Waals surface area (Å²) in [5.74, 6) is -0.922. The number of hydrogen-bond acceptors (Lipinski definition) is 6. The predicted octanol–water partition coefficient (Wildman–Crippen LogP) is 18.2. The topological polar surface area (TPSA) is 78.9 Å². The van der Waals surface area contributed by atoms with Gasteiger partial charge in [0.2, 0.25) is 0 Å². The lowest BCUT2D eigenvalue weighted by atomic mass is 10.1. The lowest BCUT2D eigenvalue weighted by molar-refractivity contribution is -0.167. The number of carbonyl (C=O) groups is 3. The molecule has 0 saturated heterocycles. The van der Waals surface area contributed by atoms with E-state index in [1.165, 1.54) is 128 Å². The maximum atomic E-state index is 12.8. The van der Waals surface area contributed by atoms with Crippen molar-refractivity contribution in [3.05, 3.63) is 72.9 Å². The van der Waals surface area contributed by atoms with E-state index in [2.05, 4.69) is 93.7 Å². The number of ether oxygens (including phenoxy) is 3. The smallest absolute Gasteiger partial charge is 0.306 e. The second kappa shape index (κ2) is 53.5. The largest absolute Gasteiger partial charge is 0.462 e. The third-order valence-electron chi connectivity index (χ3n) is 11.8. The summed E-state index contributed by atoms with van der Waals surface area (Å²) in [6.07, 6.45) is 67.4. The predicted molar refractivity (Wildman–Crippen MR) is 279 cm³/mol. The summed E-state index contributed by atoms with van der Waals surface area (Å²) in [4.78, 5) is 38.1. The van der Waals surface area contributed by atoms with Crippen LogP contribution in [0.3, 0.4) is 0 Å². The first kappa shape index (κ1) is 61.9. The molecular weight excluding hydrogens is 805 g/mol. The van der Waals surface area contributed by atoms with Crippen LogP contribution in [0, 0.1) is 0 Å². The van der Waals surface area contributed by atoms with Gasteiger partial charge in [0.1, 0.15) is 13.2 Å². The molecule has 0 rings (SSSR count). The van der Waals surface area contributed by atoms with Crippen molar-refractivity contribution in [1.29, 1.82) is 0 Å². The van der Waals surface area contributed by atoms with Crippen LogP contribution in [0.25, 0.3) is 0 Å². The summed E-state index contributed by atoms with van der Waals surface area (Å²) >= 11 is 0. The van der Waals surface area contributed by atoms with Gasteiger partial charge in [0.25, 0.3) is 0 Å². The number of carbonyl (C=O) groups excluding carboxylic acids is 3. The zero-order valence-electron chi connectivity index (χ0n) is 42.7. The summed E-state index contributed by atoms with van der Waals surface area (Å²) in [5, 5.41) is 0. The van der Waals surface area contributed by atoms with E-state index >= 15 is 0 Å². The van der Waals surface area contributed by atoms with E-state index in [0.29, 0.717) is 19.3 Å². The fourth-order valence-electron chi connectivity index (χ4n) is 7.60. The summed E-state index contributed by atoms with van der Waals surface area (Å²) in [7, 11) is 0. The molecule has 0 fully saturated rings. The van der Waals surface area contributed by atoms with Gasteiger partial charge in [-0.3, -0.25) is 14.4 Å². The molecule has 6 heteroatoms. The first-order valence-corrected chi connectivity index (χ1v) is 27.5. The molecule has 65 heavy (non-hydrogen) atoms. The highest BCUT2D eigenvalue weighted by Gasteiger charge is 2.19. The quantitative estimate of drug-likeness (QED) is 0.0199. The lowest BCUT2D eigenvalue weighted by Gasteiger charge is -2.18. The Morgan fingerprint density at radius 3 is 1.02 bits per heavy atom. The van der Waals surface area contributed by atoms with Gasteiger partial charge < -0.3 is 14.2 Å². The van der Waals surface area contributed by atoms with Crippen molar-refractivity contribution in [3.8, 4) is 0 Å². The standard InChI is InChI=1S/C59H102O6/c1-4-7-10-13-16-19-22-25-27-28-29-30-32-34-37-40-43-46-49-52-58(61)64-55-56(54-63-57(60)51-48-45-42-39-36-33-24-21-18-15-12-9-6-3)65-59(62)53-50-47-44-41-38-35-31-26-23-20-17-14-11-8-5-2/h9,12,15,17-18,20-21,23-24,26,28-29,56H,4-8,10-11,13-14,16,19,22,25,27,30-55H2,1-3H3/b12-9+,18-15+,20-17+,24-21+,26-23+,29-28+. The molecule has 1 unspecified atom stereocenters. The first-order chi connectivity index (χ1) is 32.0. The summed E-state index contributed by atoms with van der Waals surface area (Å²) < 4.78 is 16.8. The molecule has 0 radical (unpaired) electrons. The van der Waals surface area contributed by atoms with Crippen LogP contribution in [0.15, 0.2) is 72.9 Å². The molecule has 0 aromatic carbocycles. The van der Waals surface area contributed by atoms with Crippen LogP contribution in [0.1, 0.15) is 265 Å². The van der Waals surface area contributed by atoms with E-state index in [1.54, 1.807) is 0 Å². The highest BCUT2D eigenvalue weighted by Crippen LogP contribution is 2.15. The van der Waals surface area contributed by atoms with Gasteiger partial charge in [0.15, 0.2) is 6.10 Å². The van der Waals surface area contributed by atoms with E-state index in [9.17, 15) is 14.4 Å². The van der Waals surface area contributed by atoms with Crippen LogP contribution in [0.2, 0.25) is 0 Å². The van der Waals surface area contributed by atoms with E-state index < -0.39 is 6.10 Å². The molecule has 0 amide bonds. The van der Waals surface area contributed by atoms with Crippen molar-refractivity contribution in [1.82, 2.24) is 0 Å². The molecule has 6 nitrogen and oxygen atoms in total. The maximum Gasteiger partial charge on any atom is 0.306 e. The lowest BCUT2D eigenvalue weighted by Crippen LogP contribution is -2.30. The fourth-order valence-corrected chi connectivity index (χ4v) is 7.60. The fraction of sp³-hybridized carbons (Fsp3) is 0.746. The van der Waals surface area contributed by atoms with Gasteiger partial charge in [-0.05, 0) is 89.9 Å². The number of hydrogen-bond donors (Lipinski definition) is 0. The summed E-state index contributed by atoms with van der Waals surface area (Å²) in [6.45, 7) is 6.46. The van der Waals surface area contributed by atoms with Gasteiger partial charge in [0.05, 0.1) is 0 Å². The Labute approximate surface area is 402 Å². The van der Waals surface area contributed by atoms with Crippen molar-refractivity contribution in [2.75, 3.05) is 13.2 Å². The van der Waals surface area contributed by atoms with Crippen LogP contribution < -0.4 is 0 Å². The third kappa shape index (κ3) is 51.7. The molecule has 0 aliphatic rings. The molecule has 0 spiro atoms. The van der Waals surface area contributed by atoms with Crippen molar-refractivity contribution in [2.24, 2.45) is 0 Å². The van der Waals surface area contributed by atoms with Gasteiger partial charge in [-0.1, -0.05) is 229 Å². The Morgan fingerprint density at radius 2 is 0.615 bits per heavy atom. The molecule has 0 aromatic heterocycles. The monoisotopic (exact) mass is 907 g/mol. The zero-order chi connectivity index (χ0) is 47.2. The Balaban J connectivity index is 4.39. The van der Waals surface area contributed by atoms with Crippen molar-refractivity contribution >= 4 is 17.9 Å². The molecule has 374 valence electrons. The Kier molecular flexibility index (Phi) is 50.9. The van der Waals surface area contributed by atoms with Crippen LogP contribution in [-0.4, -0.2) is 37.2 Å². The highest BCUT2D eigenvalue weighted by atomic mass is 16.6. The Morgan fingerprint density at radius 1 is 0.323 bits per heavy atom. The summed E-state index contributed by atoms with van der Waals surface area (Å²) in [5.41, 5.74) is 0. The van der Waals surface area contributed by atoms with Gasteiger partial charge in [-0.2, -0.15) is 0 Å². The average Bonchev–Trinajstić information content (AvgIpc) is 3.30. The minimum Gasteiger partial charge on any atom is -0.462 e. The second-order valence-corrected chi connectivity index (χ2v) is 18.2. The Hall–Kier alpha value is -3.15. The molecule has 0 saturated carbocycles. The normalized spacial score (nSPS) is 12.6. The van der Waals surface area contributed by atoms with E-state index in [0.717, 1.165) is 96.3 Å². The Bertz CT molecular complexity index is 1230. The van der Waals surface area contributed by atoms with Crippen LogP contribution in [0.4, 0.5) is 0 Å². The highest BCUT2D eigenvalue weighted by molar-refractivity contribution is 5.71. The second-order valence-electron chi connectivity index (χ2n) is 18.2. The van der Waals surface area contributed by atoms with Gasteiger partial charge >= 0.3 is 17.9 Å². The molecular formula is C59H102O6. The minimum atomic E-state index is -0.792. The maximum absolute atomic E-state index is 12.8. The van der Waals surface area contributed by atoms with Crippen LogP contribution in [-0.2, 0) is 28.6 Å². The van der Waals surface area contributed by atoms with Crippen LogP contribution in [0.5, 0.6) is 0 Å². The molecule has 1 atom stereocenters. The van der Waals surface area contributed by atoms with E-state index in [4.69, 9.17) is 14.2 Å². The third-order valence-corrected chi connectivity index (χ3v) is 11.8. The molecule has 0 heterocycles. The molecule has 0 aliphatic heterocycles. The van der Waals surface area contributed by atoms with Gasteiger partial charge in [-0.15, -0.1) is 0 Å². The van der Waals surface area contributed by atoms with Crippen LogP contribution >= 0.6 is 0 Å². The van der Waals surface area contributed by atoms with E-state index in [1.807, 2.05) is 0 Å². The van der Waals surface area contributed by atoms with Crippen molar-refractivity contribution < 1.29 is 28.6 Å². The SMILES string of the molecule is CC/C=C/C=C/C=C/CCCCCCCC(=O)OCC(COC(=O)CCCCCCCCC/C=C/CCCCCCCCCC)OC(=O)CCCCCCCC/C=C/C=C/CCCCC. The van der Waals surface area contributed by atoms with Crippen molar-refractivity contribution in [2.45, 2.75) is 271 Å². The summed E-state index contributed by atoms with van der Waals surface area (Å²) in [6, 6.07) is 0. The first-order valence-electron chi connectivity index (χ1n) is 27.5. The average molecular weight is 907 g/mol. The minimum absolute atomic E-state index is 0.0891. The number of rotatable bonds is 49. The molecule has 0 aromatic rings. The zero-order valence-corrected chi connectivity index (χ0v) is 42.7. The number of esters is 3. The molecule has 0 N–H and O–H groups in total. The number of allylic oxidation sites excluding steroid dienone is 12. The molecule has 0 aliphatic carbocycles. The number of unbranched alkanes of at least 4 members (excludes halogenated alkanes) is 29. The van der Waals surface area contributed by atoms with Crippen molar-refractivity contribution in [3.63, 3.8) is 0 Å².